The molecule has 0 bridgehead atoms. The number of aliphatic hydroxyl groups is 1. The molecular formula is C25H23ClF3NO5. The highest BCUT2D eigenvalue weighted by atomic mass is 35.5. The average molecular weight is 510 g/mol. The molecule has 186 valence electrons. The Labute approximate surface area is 205 Å². The van der Waals surface area contributed by atoms with Crippen LogP contribution in [0, 0.1) is 5.82 Å². The van der Waals surface area contributed by atoms with Gasteiger partial charge >= 0.3 is 0 Å². The van der Waals surface area contributed by atoms with Crippen molar-refractivity contribution in [3.05, 3.63) is 70.6 Å². The van der Waals surface area contributed by atoms with E-state index < -0.39 is 36.1 Å². The molecule has 0 radical (unpaired) electrons. The number of halogens is 4. The molecule has 0 aliphatic carbocycles. The summed E-state index contributed by atoms with van der Waals surface area (Å²) >= 11 is 5.83. The van der Waals surface area contributed by atoms with E-state index >= 15 is 8.78 Å². The molecule has 3 rings (SSSR count). The van der Waals surface area contributed by atoms with E-state index in [0.717, 1.165) is 12.1 Å². The van der Waals surface area contributed by atoms with Crippen LogP contribution in [0.25, 0.3) is 11.3 Å². The lowest BCUT2D eigenvalue weighted by atomic mass is 10.0. The highest BCUT2D eigenvalue weighted by molar-refractivity contribution is 6.31. The Kier molecular flexibility index (Phi) is 8.58. The van der Waals surface area contributed by atoms with Gasteiger partial charge in [-0.2, -0.15) is 8.78 Å². The normalized spacial score (nSPS) is 11.3. The largest absolute Gasteiger partial charge is 0.494 e. The number of pyridine rings is 1. The van der Waals surface area contributed by atoms with Gasteiger partial charge in [-0.05, 0) is 48.5 Å². The number of methoxy groups -OCH3 is 2. The molecule has 0 aliphatic rings. The maximum Gasteiger partial charge on any atom is 0.290 e. The lowest BCUT2D eigenvalue weighted by Gasteiger charge is -2.18. The lowest BCUT2D eigenvalue weighted by molar-refractivity contribution is -0.0183. The number of nitrogens with zero attached hydrogens (tertiary/aromatic N) is 1. The van der Waals surface area contributed by atoms with Crippen molar-refractivity contribution in [1.82, 2.24) is 4.98 Å². The predicted molar refractivity (Wildman–Crippen MR) is 124 cm³/mol. The maximum absolute atomic E-state index is 15.0. The molecule has 6 nitrogen and oxygen atoms in total. The first-order valence-corrected chi connectivity index (χ1v) is 10.9. The van der Waals surface area contributed by atoms with E-state index in [0.29, 0.717) is 11.3 Å². The summed E-state index contributed by atoms with van der Waals surface area (Å²) in [6, 6.07) is 10.5. The van der Waals surface area contributed by atoms with Gasteiger partial charge in [0.25, 0.3) is 5.92 Å². The quantitative estimate of drug-likeness (QED) is 0.335. The van der Waals surface area contributed by atoms with Gasteiger partial charge in [0.15, 0.2) is 17.3 Å². The van der Waals surface area contributed by atoms with Crippen molar-refractivity contribution in [3.63, 3.8) is 0 Å². The van der Waals surface area contributed by atoms with Crippen molar-refractivity contribution in [3.8, 4) is 28.5 Å². The number of Topliss-reactive ketones (excluding diaryl/α,β-unsaturated/α-hetero) is 1. The Bertz CT molecular complexity index is 1210. The third kappa shape index (κ3) is 6.23. The summed E-state index contributed by atoms with van der Waals surface area (Å²) < 4.78 is 59.3. The van der Waals surface area contributed by atoms with Gasteiger partial charge in [0.2, 0.25) is 0 Å². The van der Waals surface area contributed by atoms with E-state index in [1.165, 1.54) is 50.6 Å². The van der Waals surface area contributed by atoms with Crippen LogP contribution in [0.4, 0.5) is 13.2 Å². The minimum atomic E-state index is -3.44. The third-order valence-electron chi connectivity index (χ3n) is 5.15. The first-order chi connectivity index (χ1) is 16.7. The van der Waals surface area contributed by atoms with Gasteiger partial charge in [-0.1, -0.05) is 11.6 Å². The van der Waals surface area contributed by atoms with Crippen LogP contribution in [0.15, 0.2) is 48.5 Å². The standard InChI is InChI=1S/C25H23ClF3NO5/c1-33-21-7-8-23(30-24(21)16-3-5-18(27)17(26)13-16)25(28,29)10-9-19(32)15-4-6-20(35-12-11-31)22(14-15)34-2/h3-8,13-14,31H,9-12H2,1-2H3. The second kappa shape index (κ2) is 11.4. The summed E-state index contributed by atoms with van der Waals surface area (Å²) in [4.78, 5) is 16.7. The lowest BCUT2D eigenvalue weighted by Crippen LogP contribution is -2.18. The Morgan fingerprint density at radius 1 is 1.03 bits per heavy atom. The van der Waals surface area contributed by atoms with Crippen molar-refractivity contribution < 1.29 is 37.3 Å². The average Bonchev–Trinajstić information content (AvgIpc) is 2.87. The highest BCUT2D eigenvalue weighted by Gasteiger charge is 2.35. The van der Waals surface area contributed by atoms with Gasteiger partial charge in [0.05, 0.1) is 25.8 Å². The second-order valence-electron chi connectivity index (χ2n) is 7.44. The number of aliphatic hydroxyl groups excluding tert-OH is 1. The molecule has 0 spiro atoms. The Balaban J connectivity index is 1.80. The first kappa shape index (κ1) is 26.3. The molecule has 1 heterocycles. The summed E-state index contributed by atoms with van der Waals surface area (Å²) in [5.74, 6) is -3.84. The minimum Gasteiger partial charge on any atom is -0.494 e. The van der Waals surface area contributed by atoms with Crippen LogP contribution < -0.4 is 14.2 Å². The smallest absolute Gasteiger partial charge is 0.290 e. The van der Waals surface area contributed by atoms with Gasteiger partial charge < -0.3 is 19.3 Å². The number of alkyl halides is 2. The Morgan fingerprint density at radius 2 is 1.74 bits per heavy atom. The van der Waals surface area contributed by atoms with Crippen LogP contribution in [0.2, 0.25) is 5.02 Å². The maximum atomic E-state index is 15.0. The first-order valence-electron chi connectivity index (χ1n) is 10.5. The summed E-state index contributed by atoms with van der Waals surface area (Å²) in [6.45, 7) is -0.162. The van der Waals surface area contributed by atoms with E-state index in [4.69, 9.17) is 30.9 Å². The van der Waals surface area contributed by atoms with Gasteiger partial charge in [-0.25, -0.2) is 9.37 Å². The molecule has 2 aromatic carbocycles. The molecule has 1 aromatic heterocycles. The molecule has 10 heteroatoms. The zero-order valence-electron chi connectivity index (χ0n) is 19.0. The number of carbonyl (C=O) groups excluding carboxylic acids is 1. The van der Waals surface area contributed by atoms with Crippen LogP contribution in [-0.2, 0) is 5.92 Å². The number of rotatable bonds is 11. The van der Waals surface area contributed by atoms with Gasteiger partial charge in [0.1, 0.15) is 29.6 Å². The molecule has 0 saturated heterocycles. The van der Waals surface area contributed by atoms with Crippen LogP contribution >= 0.6 is 11.6 Å². The van der Waals surface area contributed by atoms with Crippen molar-refractivity contribution >= 4 is 17.4 Å². The van der Waals surface area contributed by atoms with E-state index in [9.17, 15) is 9.18 Å². The fraction of sp³-hybridized carbons (Fsp3) is 0.280. The van der Waals surface area contributed by atoms with Gasteiger partial charge in [0, 0.05) is 24.0 Å². The monoisotopic (exact) mass is 509 g/mol. The van der Waals surface area contributed by atoms with Crippen LogP contribution in [0.5, 0.6) is 17.2 Å². The molecule has 1 N–H and O–H groups in total. The highest BCUT2D eigenvalue weighted by Crippen LogP contribution is 2.37. The van der Waals surface area contributed by atoms with Crippen molar-refractivity contribution in [2.75, 3.05) is 27.4 Å². The van der Waals surface area contributed by atoms with Crippen molar-refractivity contribution in [2.24, 2.45) is 0 Å². The number of ketones is 1. The number of hydrogen-bond acceptors (Lipinski definition) is 6. The number of ether oxygens (including phenoxy) is 3. The summed E-state index contributed by atoms with van der Waals surface area (Å²) in [6.07, 6.45) is -1.25. The second-order valence-corrected chi connectivity index (χ2v) is 7.85. The molecule has 0 amide bonds. The van der Waals surface area contributed by atoms with E-state index in [1.54, 1.807) is 0 Å². The summed E-state index contributed by atoms with van der Waals surface area (Å²) in [5, 5.41) is 8.70. The zero-order chi connectivity index (χ0) is 25.6. The number of carbonyl (C=O) groups is 1. The Morgan fingerprint density at radius 3 is 2.40 bits per heavy atom. The van der Waals surface area contributed by atoms with Gasteiger partial charge in [-0.3, -0.25) is 4.79 Å². The summed E-state index contributed by atoms with van der Waals surface area (Å²) in [7, 11) is 2.74. The SMILES string of the molecule is COc1cc(C(=O)CCC(F)(F)c2ccc(OC)c(-c3ccc(F)c(Cl)c3)n2)ccc1OCCO. The van der Waals surface area contributed by atoms with Gasteiger partial charge in [-0.15, -0.1) is 0 Å². The third-order valence-corrected chi connectivity index (χ3v) is 5.44. The van der Waals surface area contributed by atoms with Crippen LogP contribution in [0.1, 0.15) is 28.9 Å². The summed E-state index contributed by atoms with van der Waals surface area (Å²) in [5.41, 5.74) is -0.0103. The molecular weight excluding hydrogens is 487 g/mol. The minimum absolute atomic E-state index is 0.0385. The van der Waals surface area contributed by atoms with Crippen molar-refractivity contribution in [1.29, 1.82) is 0 Å². The van der Waals surface area contributed by atoms with E-state index in [2.05, 4.69) is 4.98 Å². The topological polar surface area (TPSA) is 77.9 Å². The van der Waals surface area contributed by atoms with Crippen LogP contribution in [-0.4, -0.2) is 43.3 Å². The molecule has 0 unspecified atom stereocenters. The van der Waals surface area contributed by atoms with E-state index in [-0.39, 0.29) is 41.0 Å². The fourth-order valence-electron chi connectivity index (χ4n) is 3.32. The fourth-order valence-corrected chi connectivity index (χ4v) is 3.50. The molecule has 0 saturated carbocycles. The molecule has 0 atom stereocenters. The molecule has 35 heavy (non-hydrogen) atoms. The van der Waals surface area contributed by atoms with Crippen molar-refractivity contribution in [2.45, 2.75) is 18.8 Å². The Hall–Kier alpha value is -3.30. The van der Waals surface area contributed by atoms with Crippen LogP contribution in [0.3, 0.4) is 0 Å². The molecule has 0 fully saturated rings. The molecule has 0 aliphatic heterocycles. The van der Waals surface area contributed by atoms with E-state index in [1.807, 2.05) is 0 Å². The molecule has 3 aromatic rings. The number of benzene rings is 2. The zero-order valence-corrected chi connectivity index (χ0v) is 19.7. The number of hydrogen-bond donors (Lipinski definition) is 1. The predicted octanol–water partition coefficient (Wildman–Crippen LogP) is 5.68. The number of aromatic nitrogens is 1.